The van der Waals surface area contributed by atoms with Crippen molar-refractivity contribution in [2.24, 2.45) is 0 Å². The second-order valence-electron chi connectivity index (χ2n) is 3.92. The van der Waals surface area contributed by atoms with Crippen LogP contribution in [0.25, 0.3) is 16.6 Å². The van der Waals surface area contributed by atoms with E-state index in [0.717, 1.165) is 11.1 Å². The van der Waals surface area contributed by atoms with Crippen molar-refractivity contribution in [3.05, 3.63) is 47.6 Å². The SMILES string of the molecule is Oc1ccc(-n2nc3cc(O)ccc3c2Cl)cc1. The Hall–Kier alpha value is -2.20. The number of halogens is 1. The van der Waals surface area contributed by atoms with Gasteiger partial charge in [-0.2, -0.15) is 5.10 Å². The zero-order valence-corrected chi connectivity index (χ0v) is 9.96. The first kappa shape index (κ1) is 10.9. The summed E-state index contributed by atoms with van der Waals surface area (Å²) >= 11 is 6.24. The molecule has 2 N–H and O–H groups in total. The zero-order chi connectivity index (χ0) is 12.7. The van der Waals surface area contributed by atoms with E-state index in [2.05, 4.69) is 5.10 Å². The smallest absolute Gasteiger partial charge is 0.140 e. The van der Waals surface area contributed by atoms with E-state index in [1.165, 1.54) is 0 Å². The largest absolute Gasteiger partial charge is 0.508 e. The van der Waals surface area contributed by atoms with Gasteiger partial charge in [0.15, 0.2) is 0 Å². The van der Waals surface area contributed by atoms with Crippen LogP contribution in [0.4, 0.5) is 0 Å². The van der Waals surface area contributed by atoms with E-state index >= 15 is 0 Å². The minimum Gasteiger partial charge on any atom is -0.508 e. The summed E-state index contributed by atoms with van der Waals surface area (Å²) in [5.41, 5.74) is 1.36. The van der Waals surface area contributed by atoms with E-state index in [1.54, 1.807) is 47.1 Å². The molecule has 1 aromatic heterocycles. The first-order valence-corrected chi connectivity index (χ1v) is 5.69. The van der Waals surface area contributed by atoms with Gasteiger partial charge >= 0.3 is 0 Å². The fraction of sp³-hybridized carbons (Fsp3) is 0. The third kappa shape index (κ3) is 1.67. The van der Waals surface area contributed by atoms with Crippen LogP contribution in [-0.2, 0) is 0 Å². The standard InChI is InChI=1S/C13H9ClN2O2/c14-13-11-6-5-10(18)7-12(11)15-16(13)8-1-3-9(17)4-2-8/h1-7,17-18H. The average molecular weight is 261 g/mol. The van der Waals surface area contributed by atoms with Crippen LogP contribution < -0.4 is 0 Å². The lowest BCUT2D eigenvalue weighted by Crippen LogP contribution is -1.95. The molecule has 0 radical (unpaired) electrons. The van der Waals surface area contributed by atoms with Gasteiger partial charge in [-0.25, -0.2) is 4.68 Å². The molecule has 18 heavy (non-hydrogen) atoms. The Bertz CT molecular complexity index is 720. The molecule has 3 aromatic rings. The molecular weight excluding hydrogens is 252 g/mol. The number of phenols is 2. The molecule has 4 nitrogen and oxygen atoms in total. The highest BCUT2D eigenvalue weighted by atomic mass is 35.5. The van der Waals surface area contributed by atoms with Gasteiger partial charge in [0.25, 0.3) is 0 Å². The van der Waals surface area contributed by atoms with Crippen LogP contribution in [0.2, 0.25) is 5.15 Å². The average Bonchev–Trinajstić information content (AvgIpc) is 2.67. The van der Waals surface area contributed by atoms with Gasteiger partial charge in [-0.1, -0.05) is 11.6 Å². The van der Waals surface area contributed by atoms with Crippen molar-refractivity contribution in [1.29, 1.82) is 0 Å². The molecule has 0 spiro atoms. The molecule has 1 heterocycles. The summed E-state index contributed by atoms with van der Waals surface area (Å²) in [5.74, 6) is 0.332. The first-order valence-electron chi connectivity index (χ1n) is 5.32. The van der Waals surface area contributed by atoms with Crippen molar-refractivity contribution in [2.75, 3.05) is 0 Å². The highest BCUT2D eigenvalue weighted by Crippen LogP contribution is 2.28. The van der Waals surface area contributed by atoms with Crippen molar-refractivity contribution < 1.29 is 10.2 Å². The van der Waals surface area contributed by atoms with Crippen LogP contribution in [0.1, 0.15) is 0 Å². The van der Waals surface area contributed by atoms with Crippen molar-refractivity contribution >= 4 is 22.5 Å². The summed E-state index contributed by atoms with van der Waals surface area (Å²) in [6.07, 6.45) is 0. The molecular formula is C13H9ClN2O2. The van der Waals surface area contributed by atoms with Gasteiger partial charge in [0.2, 0.25) is 0 Å². The van der Waals surface area contributed by atoms with Crippen molar-refractivity contribution in [1.82, 2.24) is 9.78 Å². The summed E-state index contributed by atoms with van der Waals surface area (Å²) in [5, 5.41) is 24.2. The summed E-state index contributed by atoms with van der Waals surface area (Å²) in [6, 6.07) is 11.4. The summed E-state index contributed by atoms with van der Waals surface area (Å²) in [4.78, 5) is 0. The first-order chi connectivity index (χ1) is 8.65. The number of hydrogen-bond donors (Lipinski definition) is 2. The highest BCUT2D eigenvalue weighted by molar-refractivity contribution is 6.34. The summed E-state index contributed by atoms with van der Waals surface area (Å²) in [7, 11) is 0. The molecule has 5 heteroatoms. The Morgan fingerprint density at radius 3 is 2.33 bits per heavy atom. The highest BCUT2D eigenvalue weighted by Gasteiger charge is 2.11. The molecule has 2 aromatic carbocycles. The van der Waals surface area contributed by atoms with Gasteiger partial charge in [0, 0.05) is 11.5 Å². The summed E-state index contributed by atoms with van der Waals surface area (Å²) < 4.78 is 1.56. The van der Waals surface area contributed by atoms with Crippen LogP contribution in [0.15, 0.2) is 42.5 Å². The Labute approximate surface area is 108 Å². The quantitative estimate of drug-likeness (QED) is 0.707. The molecule has 0 unspecified atom stereocenters. The molecule has 0 saturated carbocycles. The van der Waals surface area contributed by atoms with E-state index in [4.69, 9.17) is 11.6 Å². The number of benzene rings is 2. The number of aromatic hydroxyl groups is 2. The topological polar surface area (TPSA) is 58.3 Å². The predicted molar refractivity (Wildman–Crippen MR) is 69.4 cm³/mol. The molecule has 0 aliphatic heterocycles. The van der Waals surface area contributed by atoms with E-state index in [9.17, 15) is 10.2 Å². The van der Waals surface area contributed by atoms with Crippen molar-refractivity contribution in [2.45, 2.75) is 0 Å². The third-order valence-corrected chi connectivity index (χ3v) is 3.06. The zero-order valence-electron chi connectivity index (χ0n) is 9.21. The maximum atomic E-state index is 9.41. The van der Waals surface area contributed by atoms with E-state index in [1.807, 2.05) is 0 Å². The number of rotatable bonds is 1. The molecule has 0 fully saturated rings. The Morgan fingerprint density at radius 2 is 1.61 bits per heavy atom. The fourth-order valence-corrected chi connectivity index (χ4v) is 2.10. The molecule has 0 atom stereocenters. The van der Waals surface area contributed by atoms with Crippen LogP contribution >= 0.6 is 11.6 Å². The van der Waals surface area contributed by atoms with Crippen LogP contribution in [0.5, 0.6) is 11.5 Å². The van der Waals surface area contributed by atoms with E-state index in [-0.39, 0.29) is 11.5 Å². The summed E-state index contributed by atoms with van der Waals surface area (Å²) in [6.45, 7) is 0. The Kier molecular flexibility index (Phi) is 2.38. The van der Waals surface area contributed by atoms with Gasteiger partial charge in [0.1, 0.15) is 16.7 Å². The number of nitrogens with zero attached hydrogens (tertiary/aromatic N) is 2. The van der Waals surface area contributed by atoms with Gasteiger partial charge in [-0.3, -0.25) is 0 Å². The van der Waals surface area contributed by atoms with Crippen molar-refractivity contribution in [3.8, 4) is 17.2 Å². The number of aromatic nitrogens is 2. The van der Waals surface area contributed by atoms with Crippen molar-refractivity contribution in [3.63, 3.8) is 0 Å². The van der Waals surface area contributed by atoms with Crippen LogP contribution in [0.3, 0.4) is 0 Å². The van der Waals surface area contributed by atoms with E-state index in [0.29, 0.717) is 10.7 Å². The predicted octanol–water partition coefficient (Wildman–Crippen LogP) is 3.09. The molecule has 90 valence electrons. The normalized spacial score (nSPS) is 10.9. The second kappa shape index (κ2) is 3.92. The third-order valence-electron chi connectivity index (χ3n) is 2.69. The monoisotopic (exact) mass is 260 g/mol. The number of hydrogen-bond acceptors (Lipinski definition) is 3. The molecule has 3 rings (SSSR count). The minimum absolute atomic E-state index is 0.148. The van der Waals surface area contributed by atoms with Gasteiger partial charge in [-0.05, 0) is 36.4 Å². The molecule has 0 bridgehead atoms. The molecule has 0 amide bonds. The minimum atomic E-state index is 0.148. The Morgan fingerprint density at radius 1 is 0.944 bits per heavy atom. The second-order valence-corrected chi connectivity index (χ2v) is 4.28. The van der Waals surface area contributed by atoms with Crippen LogP contribution in [0, 0.1) is 0 Å². The molecule has 0 aliphatic carbocycles. The lowest BCUT2D eigenvalue weighted by atomic mass is 10.2. The maximum Gasteiger partial charge on any atom is 0.140 e. The molecule has 0 saturated heterocycles. The van der Waals surface area contributed by atoms with Gasteiger partial charge in [0.05, 0.1) is 11.2 Å². The number of phenolic OH excluding ortho intramolecular Hbond substituents is 2. The van der Waals surface area contributed by atoms with Crippen LogP contribution in [-0.4, -0.2) is 20.0 Å². The van der Waals surface area contributed by atoms with Gasteiger partial charge in [-0.15, -0.1) is 0 Å². The molecule has 0 aliphatic rings. The lowest BCUT2D eigenvalue weighted by molar-refractivity contribution is 0.475. The maximum absolute atomic E-state index is 9.41. The Balaban J connectivity index is 2.23. The van der Waals surface area contributed by atoms with E-state index < -0.39 is 0 Å². The number of fused-ring (bicyclic) bond motifs is 1. The van der Waals surface area contributed by atoms with Gasteiger partial charge < -0.3 is 10.2 Å². The lowest BCUT2D eigenvalue weighted by Gasteiger charge is -2.02. The fourth-order valence-electron chi connectivity index (χ4n) is 1.81.